The average molecular weight is 480 g/mol. The summed E-state index contributed by atoms with van der Waals surface area (Å²) in [4.78, 5) is 29.0. The molecule has 0 radical (unpaired) electrons. The van der Waals surface area contributed by atoms with Gasteiger partial charge >= 0.3 is 0 Å². The standard InChI is InChI=1S/C21H25N3O6S2/c1-29-16-5-6-17(18(13-16)30-2)24-14-15(12-19(24)25)21(26)22-7-9-23(10-8-22)32(27,28)20-4-3-11-31-20/h3-6,11,13,15H,7-10,12,14H2,1-2H3/t15-/m1/s1. The predicted molar refractivity (Wildman–Crippen MR) is 120 cm³/mol. The van der Waals surface area contributed by atoms with Crippen LogP contribution in [0.2, 0.25) is 0 Å². The van der Waals surface area contributed by atoms with Crippen LogP contribution in [0, 0.1) is 5.92 Å². The first-order chi connectivity index (χ1) is 15.3. The second-order valence-electron chi connectivity index (χ2n) is 7.60. The minimum Gasteiger partial charge on any atom is -0.497 e. The van der Waals surface area contributed by atoms with Gasteiger partial charge in [-0.1, -0.05) is 6.07 Å². The van der Waals surface area contributed by atoms with Crippen LogP contribution >= 0.6 is 11.3 Å². The van der Waals surface area contributed by atoms with Gasteiger partial charge in [-0.3, -0.25) is 9.59 Å². The molecule has 2 aliphatic rings. The Morgan fingerprint density at radius 2 is 1.84 bits per heavy atom. The predicted octanol–water partition coefficient (Wildman–Crippen LogP) is 1.65. The van der Waals surface area contributed by atoms with E-state index in [-0.39, 0.29) is 37.9 Å². The van der Waals surface area contributed by atoms with E-state index in [9.17, 15) is 18.0 Å². The zero-order valence-corrected chi connectivity index (χ0v) is 19.5. The fourth-order valence-corrected chi connectivity index (χ4v) is 6.63. The summed E-state index contributed by atoms with van der Waals surface area (Å²) in [5.41, 5.74) is 0.598. The quantitative estimate of drug-likeness (QED) is 0.625. The van der Waals surface area contributed by atoms with Gasteiger partial charge in [0.2, 0.25) is 11.8 Å². The lowest BCUT2D eigenvalue weighted by Crippen LogP contribution is -2.52. The Morgan fingerprint density at radius 1 is 1.09 bits per heavy atom. The molecule has 9 nitrogen and oxygen atoms in total. The molecule has 2 saturated heterocycles. The van der Waals surface area contributed by atoms with Crippen molar-refractivity contribution >= 4 is 38.9 Å². The van der Waals surface area contributed by atoms with Crippen molar-refractivity contribution in [3.8, 4) is 11.5 Å². The largest absolute Gasteiger partial charge is 0.497 e. The third-order valence-corrected chi connectivity index (χ3v) is 9.06. The monoisotopic (exact) mass is 479 g/mol. The summed E-state index contributed by atoms with van der Waals surface area (Å²) in [5.74, 6) is 0.362. The molecule has 2 aliphatic heterocycles. The van der Waals surface area contributed by atoms with Crippen LogP contribution in [0.25, 0.3) is 0 Å². The number of ether oxygens (including phenoxy) is 2. The highest BCUT2D eigenvalue weighted by Gasteiger charge is 2.40. The maximum Gasteiger partial charge on any atom is 0.252 e. The molecule has 11 heteroatoms. The highest BCUT2D eigenvalue weighted by molar-refractivity contribution is 7.91. The smallest absolute Gasteiger partial charge is 0.252 e. The van der Waals surface area contributed by atoms with Crippen LogP contribution < -0.4 is 14.4 Å². The molecule has 0 unspecified atom stereocenters. The van der Waals surface area contributed by atoms with Crippen molar-refractivity contribution in [3.63, 3.8) is 0 Å². The van der Waals surface area contributed by atoms with E-state index >= 15 is 0 Å². The Bertz CT molecular complexity index is 1090. The van der Waals surface area contributed by atoms with Crippen LogP contribution in [-0.2, 0) is 19.6 Å². The minimum atomic E-state index is -3.53. The molecule has 0 N–H and O–H groups in total. The molecule has 172 valence electrons. The van der Waals surface area contributed by atoms with Crippen molar-refractivity contribution in [1.29, 1.82) is 0 Å². The Labute approximate surface area is 191 Å². The molecule has 2 fully saturated rings. The van der Waals surface area contributed by atoms with E-state index in [0.717, 1.165) is 0 Å². The van der Waals surface area contributed by atoms with E-state index in [2.05, 4.69) is 0 Å². The lowest BCUT2D eigenvalue weighted by atomic mass is 10.1. The molecule has 1 aromatic carbocycles. The molecule has 0 bridgehead atoms. The summed E-state index contributed by atoms with van der Waals surface area (Å²) in [7, 11) is -0.456. The Kier molecular flexibility index (Phi) is 6.40. The number of amides is 2. The van der Waals surface area contributed by atoms with E-state index in [4.69, 9.17) is 9.47 Å². The average Bonchev–Trinajstić information content (AvgIpc) is 3.49. The van der Waals surface area contributed by atoms with Crippen LogP contribution in [0.5, 0.6) is 11.5 Å². The van der Waals surface area contributed by atoms with E-state index in [0.29, 0.717) is 34.5 Å². The molecule has 2 aromatic rings. The number of sulfonamides is 1. The number of hydrogen-bond donors (Lipinski definition) is 0. The van der Waals surface area contributed by atoms with Crippen molar-refractivity contribution in [1.82, 2.24) is 9.21 Å². The van der Waals surface area contributed by atoms with Crippen LogP contribution in [0.4, 0.5) is 5.69 Å². The van der Waals surface area contributed by atoms with Crippen LogP contribution in [0.3, 0.4) is 0 Å². The molecule has 0 spiro atoms. The number of carbonyl (C=O) groups is 2. The highest BCUT2D eigenvalue weighted by Crippen LogP contribution is 2.36. The van der Waals surface area contributed by atoms with Crippen LogP contribution in [0.15, 0.2) is 39.9 Å². The van der Waals surface area contributed by atoms with E-state index in [1.165, 1.54) is 22.8 Å². The second kappa shape index (κ2) is 9.08. The van der Waals surface area contributed by atoms with Gasteiger partial charge in [0.05, 0.1) is 25.8 Å². The number of thiophene rings is 1. The molecule has 0 aliphatic carbocycles. The van der Waals surface area contributed by atoms with E-state index in [1.54, 1.807) is 52.6 Å². The summed E-state index contributed by atoms with van der Waals surface area (Å²) in [6.45, 7) is 1.35. The first-order valence-electron chi connectivity index (χ1n) is 10.2. The summed E-state index contributed by atoms with van der Waals surface area (Å²) in [5, 5.41) is 1.73. The van der Waals surface area contributed by atoms with Gasteiger partial charge in [-0.05, 0) is 23.6 Å². The first kappa shape index (κ1) is 22.6. The van der Waals surface area contributed by atoms with Crippen molar-refractivity contribution in [2.45, 2.75) is 10.6 Å². The van der Waals surface area contributed by atoms with Gasteiger partial charge in [-0.15, -0.1) is 11.3 Å². The van der Waals surface area contributed by atoms with Crippen molar-refractivity contribution in [3.05, 3.63) is 35.7 Å². The number of hydrogen-bond acceptors (Lipinski definition) is 7. The van der Waals surface area contributed by atoms with Gasteiger partial charge < -0.3 is 19.3 Å². The topological polar surface area (TPSA) is 96.5 Å². The molecule has 3 heterocycles. The number of carbonyl (C=O) groups excluding carboxylic acids is 2. The third-order valence-electron chi connectivity index (χ3n) is 5.79. The molecule has 2 amide bonds. The molecule has 1 atom stereocenters. The molecule has 4 rings (SSSR count). The van der Waals surface area contributed by atoms with Gasteiger partial charge in [0, 0.05) is 45.2 Å². The van der Waals surface area contributed by atoms with E-state index in [1.807, 2.05) is 0 Å². The molecular formula is C21H25N3O6S2. The lowest BCUT2D eigenvalue weighted by Gasteiger charge is -2.35. The first-order valence-corrected chi connectivity index (χ1v) is 12.5. The Hall–Kier alpha value is -2.63. The molecular weight excluding hydrogens is 454 g/mol. The zero-order valence-electron chi connectivity index (χ0n) is 17.9. The van der Waals surface area contributed by atoms with Crippen LogP contribution in [-0.4, -0.2) is 76.4 Å². The van der Waals surface area contributed by atoms with Crippen molar-refractivity contribution in [2.24, 2.45) is 5.92 Å². The molecule has 1 aromatic heterocycles. The van der Waals surface area contributed by atoms with E-state index < -0.39 is 15.9 Å². The number of nitrogens with zero attached hydrogens (tertiary/aromatic N) is 3. The maximum atomic E-state index is 13.1. The summed E-state index contributed by atoms with van der Waals surface area (Å²) in [6.07, 6.45) is 0.113. The number of benzene rings is 1. The van der Waals surface area contributed by atoms with Gasteiger partial charge in [0.25, 0.3) is 10.0 Å². The third kappa shape index (κ3) is 4.19. The maximum absolute atomic E-state index is 13.1. The van der Waals surface area contributed by atoms with Gasteiger partial charge in [-0.25, -0.2) is 8.42 Å². The summed E-state index contributed by atoms with van der Waals surface area (Å²) in [6, 6.07) is 8.48. The highest BCUT2D eigenvalue weighted by atomic mass is 32.2. The summed E-state index contributed by atoms with van der Waals surface area (Å²) < 4.78 is 37.7. The van der Waals surface area contributed by atoms with Gasteiger partial charge in [-0.2, -0.15) is 4.31 Å². The fraction of sp³-hybridized carbons (Fsp3) is 0.429. The lowest BCUT2D eigenvalue weighted by molar-refractivity contribution is -0.136. The second-order valence-corrected chi connectivity index (χ2v) is 10.7. The Morgan fingerprint density at radius 3 is 2.47 bits per heavy atom. The van der Waals surface area contributed by atoms with Gasteiger partial charge in [0.15, 0.2) is 0 Å². The van der Waals surface area contributed by atoms with Crippen molar-refractivity contribution in [2.75, 3.05) is 51.8 Å². The number of rotatable bonds is 6. The molecule has 0 saturated carbocycles. The minimum absolute atomic E-state index is 0.113. The van der Waals surface area contributed by atoms with Crippen LogP contribution in [0.1, 0.15) is 6.42 Å². The normalized spacial score (nSPS) is 19.9. The number of methoxy groups -OCH3 is 2. The SMILES string of the molecule is COc1ccc(N2C[C@H](C(=O)N3CCN(S(=O)(=O)c4cccs4)CC3)CC2=O)c(OC)c1. The summed E-state index contributed by atoms with van der Waals surface area (Å²) >= 11 is 1.18. The van der Waals surface area contributed by atoms with Crippen molar-refractivity contribution < 1.29 is 27.5 Å². The number of piperazine rings is 1. The zero-order chi connectivity index (χ0) is 22.9. The molecule has 32 heavy (non-hydrogen) atoms. The van der Waals surface area contributed by atoms with Gasteiger partial charge in [0.1, 0.15) is 15.7 Å². The fourth-order valence-electron chi connectivity index (χ4n) is 4.06. The Balaban J connectivity index is 1.41. The number of anilines is 1.